The van der Waals surface area contributed by atoms with E-state index in [4.69, 9.17) is 26.2 Å². The molecular weight excluding hydrogens is 432 g/mol. The van der Waals surface area contributed by atoms with Crippen LogP contribution in [0.1, 0.15) is 18.1 Å². The van der Waals surface area contributed by atoms with Gasteiger partial charge in [-0.25, -0.2) is 4.79 Å². The minimum absolute atomic E-state index is 0.363. The Labute approximate surface area is 191 Å². The predicted molar refractivity (Wildman–Crippen MR) is 126 cm³/mol. The van der Waals surface area contributed by atoms with Crippen LogP contribution >= 0.6 is 23.4 Å². The van der Waals surface area contributed by atoms with E-state index in [1.54, 1.807) is 23.9 Å². The SMILES string of the molecule is CCOc1cccc(/C(=C\CSc2ccc(OCC(=O)O)c(Cl)c2)c2ccccc2)c1. The Hall–Kier alpha value is -2.89. The van der Waals surface area contributed by atoms with E-state index in [9.17, 15) is 4.79 Å². The van der Waals surface area contributed by atoms with E-state index in [-0.39, 0.29) is 0 Å². The fourth-order valence-electron chi connectivity index (χ4n) is 2.99. The number of benzene rings is 3. The summed E-state index contributed by atoms with van der Waals surface area (Å²) in [6, 6.07) is 23.7. The number of carboxylic acid groups (broad SMARTS) is 1. The summed E-state index contributed by atoms with van der Waals surface area (Å²) in [6.45, 7) is 2.17. The lowest BCUT2D eigenvalue weighted by molar-refractivity contribution is -0.139. The number of carboxylic acids is 1. The molecule has 0 saturated heterocycles. The third kappa shape index (κ3) is 6.81. The van der Waals surface area contributed by atoms with Crippen molar-refractivity contribution in [2.45, 2.75) is 11.8 Å². The number of carbonyl (C=O) groups is 1. The molecule has 0 aliphatic rings. The predicted octanol–water partition coefficient (Wildman–Crippen LogP) is 6.43. The van der Waals surface area contributed by atoms with Crippen LogP contribution in [-0.4, -0.2) is 30.0 Å². The topological polar surface area (TPSA) is 55.8 Å². The summed E-state index contributed by atoms with van der Waals surface area (Å²) in [6.07, 6.45) is 2.19. The first kappa shape index (κ1) is 22.8. The quantitative estimate of drug-likeness (QED) is 0.358. The van der Waals surface area contributed by atoms with Crippen LogP contribution in [0.2, 0.25) is 5.02 Å². The average Bonchev–Trinajstić information content (AvgIpc) is 2.77. The Bertz CT molecular complexity index is 1050. The van der Waals surface area contributed by atoms with E-state index in [1.807, 2.05) is 43.3 Å². The van der Waals surface area contributed by atoms with Crippen molar-refractivity contribution >= 4 is 34.9 Å². The molecule has 0 saturated carbocycles. The van der Waals surface area contributed by atoms with Gasteiger partial charge in [-0.1, -0.05) is 60.1 Å². The molecule has 0 aliphatic carbocycles. The lowest BCUT2D eigenvalue weighted by Gasteiger charge is -2.11. The Balaban J connectivity index is 1.78. The molecule has 0 spiro atoms. The molecule has 3 aromatic carbocycles. The van der Waals surface area contributed by atoms with Gasteiger partial charge in [0.1, 0.15) is 11.5 Å². The number of hydrogen-bond acceptors (Lipinski definition) is 4. The molecule has 1 N–H and O–H groups in total. The second-order valence-corrected chi connectivity index (χ2v) is 8.03. The fraction of sp³-hybridized carbons (Fsp3) is 0.160. The van der Waals surface area contributed by atoms with Crippen molar-refractivity contribution in [3.8, 4) is 11.5 Å². The zero-order valence-corrected chi connectivity index (χ0v) is 18.7. The van der Waals surface area contributed by atoms with Crippen molar-refractivity contribution < 1.29 is 19.4 Å². The van der Waals surface area contributed by atoms with Gasteiger partial charge in [0.2, 0.25) is 0 Å². The maximum atomic E-state index is 10.7. The highest BCUT2D eigenvalue weighted by Gasteiger charge is 2.08. The lowest BCUT2D eigenvalue weighted by atomic mass is 9.98. The number of ether oxygens (including phenoxy) is 2. The van der Waals surface area contributed by atoms with Crippen molar-refractivity contribution in [2.24, 2.45) is 0 Å². The van der Waals surface area contributed by atoms with Gasteiger partial charge in [-0.2, -0.15) is 0 Å². The van der Waals surface area contributed by atoms with Crippen molar-refractivity contribution in [1.29, 1.82) is 0 Å². The standard InChI is InChI=1S/C25H23ClO4S/c1-2-29-20-10-6-9-19(15-20)22(18-7-4-3-5-8-18)13-14-31-21-11-12-24(23(26)16-21)30-17-25(27)28/h3-13,15-16H,2,14,17H2,1H3,(H,27,28)/b22-13-. The minimum atomic E-state index is -1.04. The molecule has 0 atom stereocenters. The molecule has 0 amide bonds. The molecule has 4 nitrogen and oxygen atoms in total. The first-order valence-electron chi connectivity index (χ1n) is 9.82. The highest BCUT2D eigenvalue weighted by Crippen LogP contribution is 2.32. The van der Waals surface area contributed by atoms with Gasteiger partial charge in [0.25, 0.3) is 0 Å². The second-order valence-electron chi connectivity index (χ2n) is 6.53. The van der Waals surface area contributed by atoms with Crippen LogP contribution in [0.4, 0.5) is 0 Å². The van der Waals surface area contributed by atoms with Gasteiger partial charge in [0.05, 0.1) is 11.6 Å². The maximum absolute atomic E-state index is 10.7. The summed E-state index contributed by atoms with van der Waals surface area (Å²) in [5.74, 6) is 0.899. The van der Waals surface area contributed by atoms with E-state index in [0.717, 1.165) is 33.1 Å². The second kappa shape index (κ2) is 11.5. The summed E-state index contributed by atoms with van der Waals surface area (Å²) in [7, 11) is 0. The fourth-order valence-corrected chi connectivity index (χ4v) is 4.10. The van der Waals surface area contributed by atoms with Gasteiger partial charge < -0.3 is 14.6 Å². The lowest BCUT2D eigenvalue weighted by Crippen LogP contribution is -2.09. The van der Waals surface area contributed by atoms with E-state index in [0.29, 0.717) is 17.4 Å². The third-order valence-corrected chi connectivity index (χ3v) is 5.55. The molecular formula is C25H23ClO4S. The van der Waals surface area contributed by atoms with Crippen LogP contribution in [0.15, 0.2) is 83.8 Å². The summed E-state index contributed by atoms with van der Waals surface area (Å²) in [4.78, 5) is 11.6. The number of rotatable bonds is 10. The van der Waals surface area contributed by atoms with Crippen LogP contribution in [0.25, 0.3) is 5.57 Å². The van der Waals surface area contributed by atoms with Crippen molar-refractivity contribution in [3.63, 3.8) is 0 Å². The van der Waals surface area contributed by atoms with Crippen LogP contribution in [0.5, 0.6) is 11.5 Å². The first-order valence-corrected chi connectivity index (χ1v) is 11.2. The molecule has 0 bridgehead atoms. The van der Waals surface area contributed by atoms with E-state index in [1.165, 1.54) is 0 Å². The Morgan fingerprint density at radius 1 is 1.00 bits per heavy atom. The zero-order chi connectivity index (χ0) is 22.1. The average molecular weight is 455 g/mol. The van der Waals surface area contributed by atoms with E-state index in [2.05, 4.69) is 30.3 Å². The summed E-state index contributed by atoms with van der Waals surface area (Å²) in [5, 5.41) is 9.13. The largest absolute Gasteiger partial charge is 0.494 e. The van der Waals surface area contributed by atoms with Gasteiger partial charge in [0, 0.05) is 10.6 Å². The zero-order valence-electron chi connectivity index (χ0n) is 17.1. The molecule has 0 aliphatic heterocycles. The first-order chi connectivity index (χ1) is 15.1. The number of thioether (sulfide) groups is 1. The molecule has 3 aromatic rings. The minimum Gasteiger partial charge on any atom is -0.494 e. The van der Waals surface area contributed by atoms with Gasteiger partial charge in [-0.3, -0.25) is 0 Å². The molecule has 6 heteroatoms. The Morgan fingerprint density at radius 2 is 1.77 bits per heavy atom. The molecule has 3 rings (SSSR count). The number of aliphatic carboxylic acids is 1. The highest BCUT2D eigenvalue weighted by molar-refractivity contribution is 7.99. The highest BCUT2D eigenvalue weighted by atomic mass is 35.5. The third-order valence-electron chi connectivity index (χ3n) is 4.33. The molecule has 0 fully saturated rings. The summed E-state index contributed by atoms with van der Waals surface area (Å²) in [5.41, 5.74) is 3.35. The van der Waals surface area contributed by atoms with Crippen LogP contribution in [0.3, 0.4) is 0 Å². The summed E-state index contributed by atoms with van der Waals surface area (Å²) < 4.78 is 10.8. The van der Waals surface area contributed by atoms with Crippen molar-refractivity contribution in [1.82, 2.24) is 0 Å². The number of hydrogen-bond donors (Lipinski definition) is 1. The Morgan fingerprint density at radius 3 is 2.48 bits per heavy atom. The van der Waals surface area contributed by atoms with Crippen LogP contribution < -0.4 is 9.47 Å². The molecule has 0 radical (unpaired) electrons. The molecule has 31 heavy (non-hydrogen) atoms. The van der Waals surface area contributed by atoms with E-state index < -0.39 is 12.6 Å². The van der Waals surface area contributed by atoms with E-state index >= 15 is 0 Å². The van der Waals surface area contributed by atoms with Crippen LogP contribution in [0, 0.1) is 0 Å². The normalized spacial score (nSPS) is 11.2. The number of halogens is 1. The van der Waals surface area contributed by atoms with Gasteiger partial charge in [-0.05, 0) is 54.0 Å². The van der Waals surface area contributed by atoms with Gasteiger partial charge in [0.15, 0.2) is 6.61 Å². The van der Waals surface area contributed by atoms with Gasteiger partial charge in [-0.15, -0.1) is 11.8 Å². The van der Waals surface area contributed by atoms with Crippen molar-refractivity contribution in [2.75, 3.05) is 19.0 Å². The smallest absolute Gasteiger partial charge is 0.341 e. The Kier molecular flexibility index (Phi) is 8.44. The molecule has 0 heterocycles. The summed E-state index contributed by atoms with van der Waals surface area (Å²) >= 11 is 7.87. The molecule has 0 unspecified atom stereocenters. The van der Waals surface area contributed by atoms with Gasteiger partial charge >= 0.3 is 5.97 Å². The molecule has 160 valence electrons. The molecule has 0 aromatic heterocycles. The van der Waals surface area contributed by atoms with Crippen molar-refractivity contribution in [3.05, 3.63) is 95.0 Å². The van der Waals surface area contributed by atoms with Crippen LogP contribution in [-0.2, 0) is 4.79 Å². The maximum Gasteiger partial charge on any atom is 0.341 e. The monoisotopic (exact) mass is 454 g/mol.